The molecule has 1 amide bonds. The van der Waals surface area contributed by atoms with Crippen LogP contribution < -0.4 is 5.32 Å². The molecule has 2 N–H and O–H groups in total. The predicted molar refractivity (Wildman–Crippen MR) is 93.7 cm³/mol. The van der Waals surface area contributed by atoms with Crippen LogP contribution in [0.3, 0.4) is 0 Å². The van der Waals surface area contributed by atoms with Gasteiger partial charge in [-0.2, -0.15) is 5.10 Å². The maximum absolute atomic E-state index is 12.3. The summed E-state index contributed by atoms with van der Waals surface area (Å²) < 4.78 is 1.65. The van der Waals surface area contributed by atoms with Gasteiger partial charge >= 0.3 is 0 Å². The number of carbonyl (C=O) groups excluding carboxylic acids is 1. The fraction of sp³-hybridized carbons (Fsp3) is 0.211. The molecule has 4 rings (SSSR count). The number of hydrogen-bond donors (Lipinski definition) is 2. The van der Waals surface area contributed by atoms with E-state index in [9.17, 15) is 9.90 Å². The lowest BCUT2D eigenvalue weighted by atomic mass is 10.0. The van der Waals surface area contributed by atoms with Crippen LogP contribution in [0, 0.1) is 6.92 Å². The molecule has 2 aromatic heterocycles. The van der Waals surface area contributed by atoms with Crippen LogP contribution in [0.4, 0.5) is 0 Å². The second kappa shape index (κ2) is 6.05. The second-order valence-corrected chi connectivity index (χ2v) is 6.35. The Morgan fingerprint density at radius 1 is 1.24 bits per heavy atom. The van der Waals surface area contributed by atoms with E-state index < -0.39 is 0 Å². The van der Waals surface area contributed by atoms with E-state index >= 15 is 0 Å². The summed E-state index contributed by atoms with van der Waals surface area (Å²) in [5.74, 6) is 0.0535. The monoisotopic (exact) mass is 334 g/mol. The first-order valence-corrected chi connectivity index (χ1v) is 8.21. The summed E-state index contributed by atoms with van der Waals surface area (Å²) in [6.07, 6.45) is 8.74. The molecule has 0 atom stereocenters. The number of carbonyl (C=O) groups is 1. The van der Waals surface area contributed by atoms with Gasteiger partial charge in [0.1, 0.15) is 5.75 Å². The molecule has 1 saturated carbocycles. The quantitative estimate of drug-likeness (QED) is 0.769. The minimum Gasteiger partial charge on any atom is -0.506 e. The van der Waals surface area contributed by atoms with Crippen LogP contribution in [0.1, 0.15) is 28.8 Å². The Bertz CT molecular complexity index is 944. The van der Waals surface area contributed by atoms with Crippen molar-refractivity contribution in [1.82, 2.24) is 20.1 Å². The lowest BCUT2D eigenvalue weighted by molar-refractivity contribution is 0.0951. The Kier molecular flexibility index (Phi) is 3.72. The number of nitrogens with one attached hydrogen (secondary N) is 1. The molecular weight excluding hydrogens is 316 g/mol. The average molecular weight is 334 g/mol. The summed E-state index contributed by atoms with van der Waals surface area (Å²) >= 11 is 0. The van der Waals surface area contributed by atoms with E-state index in [2.05, 4.69) is 15.4 Å². The van der Waals surface area contributed by atoms with Crippen LogP contribution in [-0.4, -0.2) is 31.8 Å². The first kappa shape index (κ1) is 15.4. The molecule has 0 unspecified atom stereocenters. The molecule has 6 heteroatoms. The number of benzene rings is 1. The van der Waals surface area contributed by atoms with E-state index in [4.69, 9.17) is 0 Å². The second-order valence-electron chi connectivity index (χ2n) is 6.35. The number of hydrogen-bond acceptors (Lipinski definition) is 4. The first-order valence-electron chi connectivity index (χ1n) is 8.21. The van der Waals surface area contributed by atoms with Crippen LogP contribution in [0.2, 0.25) is 0 Å². The van der Waals surface area contributed by atoms with Gasteiger partial charge in [-0.3, -0.25) is 9.78 Å². The van der Waals surface area contributed by atoms with Gasteiger partial charge in [-0.05, 0) is 43.0 Å². The van der Waals surface area contributed by atoms with Crippen molar-refractivity contribution in [2.45, 2.75) is 25.8 Å². The van der Waals surface area contributed by atoms with Crippen LogP contribution in [0.15, 0.2) is 49.1 Å². The van der Waals surface area contributed by atoms with Gasteiger partial charge in [0.2, 0.25) is 0 Å². The van der Waals surface area contributed by atoms with Gasteiger partial charge in [-0.1, -0.05) is 6.07 Å². The third-order valence-corrected chi connectivity index (χ3v) is 4.28. The van der Waals surface area contributed by atoms with Crippen LogP contribution in [0.25, 0.3) is 16.8 Å². The number of aryl methyl sites for hydroxylation is 1. The Balaban J connectivity index is 1.66. The lowest BCUT2D eigenvalue weighted by Crippen LogP contribution is -2.25. The summed E-state index contributed by atoms with van der Waals surface area (Å²) in [5, 5.41) is 16.9. The molecule has 6 nitrogen and oxygen atoms in total. The minimum absolute atomic E-state index is 0.0340. The summed E-state index contributed by atoms with van der Waals surface area (Å²) in [6, 6.07) is 7.62. The highest BCUT2D eigenvalue weighted by atomic mass is 16.3. The predicted octanol–water partition coefficient (Wildman–Crippen LogP) is 2.84. The smallest absolute Gasteiger partial charge is 0.251 e. The molecular formula is C19H18N4O2. The van der Waals surface area contributed by atoms with Crippen molar-refractivity contribution in [3.05, 3.63) is 60.2 Å². The highest BCUT2D eigenvalue weighted by Gasteiger charge is 2.24. The molecule has 3 aromatic rings. The summed E-state index contributed by atoms with van der Waals surface area (Å²) in [4.78, 5) is 16.3. The summed E-state index contributed by atoms with van der Waals surface area (Å²) in [5.41, 5.74) is 4.26. The van der Waals surface area contributed by atoms with Gasteiger partial charge in [0.15, 0.2) is 0 Å². The normalized spacial score (nSPS) is 13.6. The minimum atomic E-state index is -0.0340. The first-order chi connectivity index (χ1) is 12.1. The van der Waals surface area contributed by atoms with E-state index in [1.807, 2.05) is 31.3 Å². The highest BCUT2D eigenvalue weighted by molar-refractivity contribution is 5.96. The number of nitrogens with zero attached hydrogens (tertiary/aromatic N) is 3. The van der Waals surface area contributed by atoms with E-state index in [1.165, 1.54) is 6.20 Å². The summed E-state index contributed by atoms with van der Waals surface area (Å²) in [6.45, 7) is 2.01. The molecule has 25 heavy (non-hydrogen) atoms. The van der Waals surface area contributed by atoms with Crippen molar-refractivity contribution < 1.29 is 9.90 Å². The Morgan fingerprint density at radius 2 is 2.08 bits per heavy atom. The zero-order chi connectivity index (χ0) is 17.4. The van der Waals surface area contributed by atoms with Gasteiger partial charge in [-0.15, -0.1) is 0 Å². The van der Waals surface area contributed by atoms with Crippen molar-refractivity contribution in [3.8, 4) is 22.6 Å². The van der Waals surface area contributed by atoms with E-state index in [-0.39, 0.29) is 11.7 Å². The number of aromatic hydroxyl groups is 1. The molecule has 0 bridgehead atoms. The van der Waals surface area contributed by atoms with Gasteiger partial charge in [0.05, 0.1) is 24.3 Å². The van der Waals surface area contributed by atoms with Crippen LogP contribution >= 0.6 is 0 Å². The number of pyridine rings is 1. The van der Waals surface area contributed by atoms with E-state index in [1.54, 1.807) is 23.1 Å². The molecule has 1 aromatic carbocycles. The topological polar surface area (TPSA) is 80.0 Å². The SMILES string of the molecule is Cc1ccc(C(=O)NC2CC2)cc1-c1cnn(-c2cncc(O)c2)c1. The fourth-order valence-corrected chi connectivity index (χ4v) is 2.72. The zero-order valence-electron chi connectivity index (χ0n) is 13.8. The van der Waals surface area contributed by atoms with Crippen molar-refractivity contribution in [2.24, 2.45) is 0 Å². The van der Waals surface area contributed by atoms with Crippen molar-refractivity contribution in [3.63, 3.8) is 0 Å². The van der Waals surface area contributed by atoms with Crippen molar-refractivity contribution >= 4 is 5.91 Å². The molecule has 126 valence electrons. The zero-order valence-corrected chi connectivity index (χ0v) is 13.8. The number of rotatable bonds is 4. The van der Waals surface area contributed by atoms with E-state index in [0.717, 1.165) is 29.5 Å². The third kappa shape index (κ3) is 3.24. The molecule has 0 spiro atoms. The Morgan fingerprint density at radius 3 is 2.84 bits per heavy atom. The molecule has 1 aliphatic rings. The summed E-state index contributed by atoms with van der Waals surface area (Å²) in [7, 11) is 0. The Hall–Kier alpha value is -3.15. The van der Waals surface area contributed by atoms with E-state index in [0.29, 0.717) is 17.3 Å². The van der Waals surface area contributed by atoms with Crippen LogP contribution in [0.5, 0.6) is 5.75 Å². The van der Waals surface area contributed by atoms with Crippen molar-refractivity contribution in [1.29, 1.82) is 0 Å². The van der Waals surface area contributed by atoms with Gasteiger partial charge in [-0.25, -0.2) is 4.68 Å². The lowest BCUT2D eigenvalue weighted by Gasteiger charge is -2.08. The molecule has 1 aliphatic carbocycles. The highest BCUT2D eigenvalue weighted by Crippen LogP contribution is 2.26. The maximum atomic E-state index is 12.3. The average Bonchev–Trinajstić information content (AvgIpc) is 3.28. The van der Waals surface area contributed by atoms with Gasteiger partial charge in [0, 0.05) is 29.4 Å². The van der Waals surface area contributed by atoms with Crippen LogP contribution in [-0.2, 0) is 0 Å². The van der Waals surface area contributed by atoms with Gasteiger partial charge < -0.3 is 10.4 Å². The maximum Gasteiger partial charge on any atom is 0.251 e. The number of aromatic nitrogens is 3. The largest absolute Gasteiger partial charge is 0.506 e. The molecule has 0 radical (unpaired) electrons. The Labute approximate surface area is 145 Å². The third-order valence-electron chi connectivity index (χ3n) is 4.28. The molecule has 1 fully saturated rings. The molecule has 0 saturated heterocycles. The number of amides is 1. The standard InChI is InChI=1S/C19H18N4O2/c1-12-2-3-13(19(25)22-15-4-5-15)6-18(12)14-8-21-23(11-14)16-7-17(24)10-20-9-16/h2-3,6-11,15,24H,4-5H2,1H3,(H,22,25). The van der Waals surface area contributed by atoms with Crippen molar-refractivity contribution in [2.75, 3.05) is 0 Å². The fourth-order valence-electron chi connectivity index (χ4n) is 2.72. The molecule has 2 heterocycles. The molecule has 0 aliphatic heterocycles. The van der Waals surface area contributed by atoms with Gasteiger partial charge in [0.25, 0.3) is 5.91 Å².